The molecule has 4 amide bonds. The van der Waals surface area contributed by atoms with E-state index in [9.17, 15) is 33.5 Å². The minimum Gasteiger partial charge on any atom is -0.484 e. The van der Waals surface area contributed by atoms with Crippen molar-refractivity contribution < 1.29 is 38.2 Å². The molecule has 3 aromatic rings. The molecule has 1 unspecified atom stereocenters. The Morgan fingerprint density at radius 3 is 2.00 bits per heavy atom. The van der Waals surface area contributed by atoms with Crippen molar-refractivity contribution in [2.75, 3.05) is 6.61 Å². The highest BCUT2D eigenvalue weighted by atomic mass is 32.2. The van der Waals surface area contributed by atoms with Gasteiger partial charge in [-0.25, -0.2) is 9.18 Å². The molecule has 0 fully saturated rings. The third-order valence-corrected chi connectivity index (χ3v) is 9.29. The Labute approximate surface area is 287 Å². The van der Waals surface area contributed by atoms with Gasteiger partial charge in [0.05, 0.1) is 0 Å². The summed E-state index contributed by atoms with van der Waals surface area (Å²) in [5.74, 6) is -4.04. The zero-order chi connectivity index (χ0) is 34.8. The Morgan fingerprint density at radius 1 is 0.776 bits per heavy atom. The molecule has 0 saturated carbocycles. The van der Waals surface area contributed by atoms with Gasteiger partial charge in [0, 0.05) is 24.5 Å². The number of hydrogen-bond acceptors (Lipinski definition) is 7. The maximum atomic E-state index is 14.0. The van der Waals surface area contributed by atoms with Crippen LogP contribution in [0.25, 0.3) is 0 Å². The number of carbonyl (C=O) groups excluding carboxylic acids is 4. The van der Waals surface area contributed by atoms with E-state index in [1.165, 1.54) is 36.0 Å². The van der Waals surface area contributed by atoms with Gasteiger partial charge in [-0.15, -0.1) is 11.8 Å². The van der Waals surface area contributed by atoms with E-state index in [1.807, 2.05) is 11.5 Å². The number of carboxylic acid groups (broad SMARTS) is 1. The molecule has 3 aromatic carbocycles. The lowest BCUT2D eigenvalue weighted by Gasteiger charge is -2.27. The van der Waals surface area contributed by atoms with Gasteiger partial charge in [-0.2, -0.15) is 0 Å². The van der Waals surface area contributed by atoms with Gasteiger partial charge in [0.25, 0.3) is 5.91 Å². The largest absolute Gasteiger partial charge is 0.484 e. The molecule has 2 bridgehead atoms. The molecule has 5 atom stereocenters. The summed E-state index contributed by atoms with van der Waals surface area (Å²) in [5, 5.41) is 22.7. The molecule has 0 aromatic heterocycles. The molecule has 0 spiro atoms. The fourth-order valence-electron chi connectivity index (χ4n) is 5.56. The quantitative estimate of drug-likeness (QED) is 0.237. The lowest BCUT2D eigenvalue weighted by molar-refractivity contribution is -0.142. The van der Waals surface area contributed by atoms with Crippen molar-refractivity contribution in [1.82, 2.24) is 21.3 Å². The molecule has 256 valence electrons. The van der Waals surface area contributed by atoms with Crippen molar-refractivity contribution in [3.05, 3.63) is 113 Å². The van der Waals surface area contributed by atoms with Gasteiger partial charge in [-0.3, -0.25) is 19.2 Å². The van der Waals surface area contributed by atoms with Crippen LogP contribution in [-0.4, -0.2) is 70.7 Å². The number of amides is 4. The Hall–Kier alpha value is -5.17. The van der Waals surface area contributed by atoms with Crippen LogP contribution in [0.2, 0.25) is 0 Å². The normalized spacial score (nSPS) is 23.6. The first-order valence-corrected chi connectivity index (χ1v) is 16.8. The number of benzene rings is 3. The zero-order valence-corrected chi connectivity index (χ0v) is 27.3. The van der Waals surface area contributed by atoms with Crippen molar-refractivity contribution in [3.8, 4) is 5.75 Å². The summed E-state index contributed by atoms with van der Waals surface area (Å²) in [7, 11) is 0. The molecule has 5 N–H and O–H groups in total. The number of fused-ring (bicyclic) bond motifs is 16. The Kier molecular flexibility index (Phi) is 12.0. The molecule has 0 radical (unpaired) electrons. The van der Waals surface area contributed by atoms with Gasteiger partial charge in [0.15, 0.2) is 6.61 Å². The molecule has 0 saturated heterocycles. The third kappa shape index (κ3) is 10.4. The number of carboxylic acids is 1. The van der Waals surface area contributed by atoms with Gasteiger partial charge in [0.2, 0.25) is 17.7 Å². The van der Waals surface area contributed by atoms with Crippen LogP contribution >= 0.6 is 11.8 Å². The zero-order valence-electron chi connectivity index (χ0n) is 26.5. The second kappa shape index (κ2) is 16.8. The summed E-state index contributed by atoms with van der Waals surface area (Å²) < 4.78 is 19.4. The maximum Gasteiger partial charge on any atom is 0.326 e. The number of rotatable bonds is 7. The molecule has 6 rings (SSSR count). The van der Waals surface area contributed by atoms with E-state index in [4.69, 9.17) is 4.74 Å². The summed E-state index contributed by atoms with van der Waals surface area (Å²) in [4.78, 5) is 66.9. The second-order valence-electron chi connectivity index (χ2n) is 11.9. The number of thioether (sulfide) groups is 1. The van der Waals surface area contributed by atoms with E-state index < -0.39 is 66.2 Å². The molecule has 3 aliphatic heterocycles. The van der Waals surface area contributed by atoms with E-state index in [0.29, 0.717) is 28.9 Å². The summed E-state index contributed by atoms with van der Waals surface area (Å²) in [6.45, 7) is -0.395. The number of aliphatic carboxylic acids is 1. The van der Waals surface area contributed by atoms with Crippen LogP contribution in [0, 0.1) is 5.82 Å². The molecule has 13 heteroatoms. The minimum atomic E-state index is -1.33. The SMILES string of the molecule is O=C1COc2ccc(cc2)C[C@@H](C(=O)O)NC(=O)[C@H](Cc2ccccc2)NC(=O)[C@@H](Cc2ccc(F)cc2)NC(=O)[C@H](CC2CC=CS2)N1. The number of allylic oxidation sites excluding steroid dienone is 1. The van der Waals surface area contributed by atoms with Gasteiger partial charge in [0.1, 0.15) is 35.7 Å². The average molecular weight is 689 g/mol. The highest BCUT2D eigenvalue weighted by Crippen LogP contribution is 2.28. The summed E-state index contributed by atoms with van der Waals surface area (Å²) in [6, 6.07) is 15.9. The van der Waals surface area contributed by atoms with E-state index in [2.05, 4.69) is 21.3 Å². The van der Waals surface area contributed by atoms with Crippen molar-refractivity contribution in [1.29, 1.82) is 0 Å². The Morgan fingerprint density at radius 2 is 1.39 bits per heavy atom. The fourth-order valence-corrected chi connectivity index (χ4v) is 6.53. The number of carbonyl (C=O) groups is 5. The predicted octanol–water partition coefficient (Wildman–Crippen LogP) is 2.68. The van der Waals surface area contributed by atoms with Crippen LogP contribution in [0.4, 0.5) is 4.39 Å². The standard InChI is InChI=1S/C36H37FN4O7S/c37-25-12-8-23(9-13-25)18-29-33(43)39-28(17-22-5-2-1-3-6-22)34(44)41-31(36(46)47)19-24-10-14-26(15-11-24)48-21-32(42)38-30(35(45)40-29)20-27-7-4-16-49-27/h1-6,8-16,27-31H,7,17-21H2,(H,38,42)(H,39,43)(H,40,45)(H,41,44)(H,46,47)/t27?,28-,29+,30-,31-/m0/s1. The topological polar surface area (TPSA) is 163 Å². The monoisotopic (exact) mass is 688 g/mol. The van der Waals surface area contributed by atoms with Crippen molar-refractivity contribution in [3.63, 3.8) is 0 Å². The Balaban J connectivity index is 1.48. The average Bonchev–Trinajstić information content (AvgIpc) is 3.61. The fraction of sp³-hybridized carbons (Fsp3) is 0.306. The van der Waals surface area contributed by atoms with Crippen LogP contribution in [0.3, 0.4) is 0 Å². The molecule has 3 aliphatic rings. The highest BCUT2D eigenvalue weighted by molar-refractivity contribution is 8.03. The van der Waals surface area contributed by atoms with Gasteiger partial charge >= 0.3 is 5.97 Å². The molecule has 11 nitrogen and oxygen atoms in total. The second-order valence-corrected chi connectivity index (χ2v) is 13.1. The van der Waals surface area contributed by atoms with Gasteiger partial charge < -0.3 is 31.1 Å². The minimum absolute atomic E-state index is 0.0108. The van der Waals surface area contributed by atoms with Crippen LogP contribution in [0.15, 0.2) is 90.3 Å². The molecule has 3 heterocycles. The highest BCUT2D eigenvalue weighted by Gasteiger charge is 2.33. The molecular weight excluding hydrogens is 651 g/mol. The van der Waals surface area contributed by atoms with Crippen molar-refractivity contribution in [2.24, 2.45) is 0 Å². The number of hydrogen-bond donors (Lipinski definition) is 5. The van der Waals surface area contributed by atoms with E-state index in [0.717, 1.165) is 0 Å². The van der Waals surface area contributed by atoms with Crippen LogP contribution in [-0.2, 0) is 43.2 Å². The molecule has 0 aliphatic carbocycles. The number of nitrogens with one attached hydrogen (secondary N) is 4. The van der Waals surface area contributed by atoms with Crippen molar-refractivity contribution in [2.45, 2.75) is 61.5 Å². The Bertz CT molecular complexity index is 1660. The summed E-state index contributed by atoms with van der Waals surface area (Å²) in [5.41, 5.74) is 1.82. The lowest BCUT2D eigenvalue weighted by atomic mass is 10.0. The third-order valence-electron chi connectivity index (χ3n) is 8.17. The summed E-state index contributed by atoms with van der Waals surface area (Å²) in [6.07, 6.45) is 2.84. The molecule has 49 heavy (non-hydrogen) atoms. The first kappa shape index (κ1) is 35.1. The smallest absolute Gasteiger partial charge is 0.326 e. The number of ether oxygens (including phenoxy) is 1. The maximum absolute atomic E-state index is 14.0. The predicted molar refractivity (Wildman–Crippen MR) is 181 cm³/mol. The van der Waals surface area contributed by atoms with Crippen LogP contribution in [0.5, 0.6) is 5.75 Å². The van der Waals surface area contributed by atoms with E-state index >= 15 is 0 Å². The number of halogens is 1. The summed E-state index contributed by atoms with van der Waals surface area (Å²) >= 11 is 1.53. The van der Waals surface area contributed by atoms with Crippen molar-refractivity contribution >= 4 is 41.4 Å². The van der Waals surface area contributed by atoms with Crippen LogP contribution in [0.1, 0.15) is 29.5 Å². The van der Waals surface area contributed by atoms with E-state index in [-0.39, 0.29) is 30.9 Å². The van der Waals surface area contributed by atoms with Crippen LogP contribution < -0.4 is 26.0 Å². The van der Waals surface area contributed by atoms with Gasteiger partial charge in [-0.1, -0.05) is 60.7 Å². The lowest BCUT2D eigenvalue weighted by Crippen LogP contribution is -2.59. The van der Waals surface area contributed by atoms with Gasteiger partial charge in [-0.05, 0) is 59.2 Å². The molecular formula is C36H37FN4O7S. The first-order chi connectivity index (χ1) is 23.6. The van der Waals surface area contributed by atoms with E-state index in [1.54, 1.807) is 54.6 Å². The first-order valence-electron chi connectivity index (χ1n) is 15.9.